The smallest absolute Gasteiger partial charge is 0.309 e. The molecule has 0 aromatic rings. The molecule has 1 aliphatic heterocycles. The third kappa shape index (κ3) is 13.1. The van der Waals surface area contributed by atoms with Gasteiger partial charge in [-0.1, -0.05) is 96.0 Å². The summed E-state index contributed by atoms with van der Waals surface area (Å²) in [6.07, 6.45) is 24.9. The van der Waals surface area contributed by atoms with Gasteiger partial charge in [-0.15, -0.1) is 6.58 Å². The van der Waals surface area contributed by atoms with Crippen LogP contribution in [0.4, 0.5) is 0 Å². The van der Waals surface area contributed by atoms with Crippen LogP contribution in [0.25, 0.3) is 0 Å². The fraction of sp³-hybridized carbons (Fsp3) is 0.875. The summed E-state index contributed by atoms with van der Waals surface area (Å²) in [6, 6.07) is 0. The minimum atomic E-state index is -0.246. The van der Waals surface area contributed by atoms with Crippen LogP contribution in [-0.4, -0.2) is 23.8 Å². The van der Waals surface area contributed by atoms with E-state index in [0.29, 0.717) is 6.42 Å². The van der Waals surface area contributed by atoms with Crippen molar-refractivity contribution in [2.75, 3.05) is 6.61 Å². The fourth-order valence-electron chi connectivity index (χ4n) is 4.05. The van der Waals surface area contributed by atoms with Crippen LogP contribution in [0.1, 0.15) is 116 Å². The number of cyclic esters (lactones) is 1. The second-order valence-corrected chi connectivity index (χ2v) is 8.34. The second kappa shape index (κ2) is 17.3. The van der Waals surface area contributed by atoms with E-state index in [1.807, 2.05) is 6.08 Å². The molecule has 0 amide bonds. The molecule has 1 rings (SSSR count). The van der Waals surface area contributed by atoms with E-state index in [1.54, 1.807) is 0 Å². The van der Waals surface area contributed by atoms with Crippen LogP contribution in [-0.2, 0) is 9.53 Å². The lowest BCUT2D eigenvalue weighted by Gasteiger charge is -2.05. The number of aliphatic hydroxyl groups is 1. The highest BCUT2D eigenvalue weighted by molar-refractivity contribution is 5.74. The Balaban J connectivity index is 1.73. The lowest BCUT2D eigenvalue weighted by molar-refractivity contribution is -0.145. The van der Waals surface area contributed by atoms with Crippen LogP contribution >= 0.6 is 0 Å². The maximum absolute atomic E-state index is 11.6. The van der Waals surface area contributed by atoms with E-state index in [0.717, 1.165) is 12.8 Å². The third-order valence-electron chi connectivity index (χ3n) is 5.83. The van der Waals surface area contributed by atoms with Gasteiger partial charge in [-0.3, -0.25) is 4.79 Å². The third-order valence-corrected chi connectivity index (χ3v) is 5.83. The van der Waals surface area contributed by atoms with Gasteiger partial charge in [-0.05, 0) is 25.7 Å². The first-order valence-electron chi connectivity index (χ1n) is 11.7. The molecule has 0 bridgehead atoms. The van der Waals surface area contributed by atoms with Gasteiger partial charge in [0.2, 0.25) is 0 Å². The lowest BCUT2D eigenvalue weighted by atomic mass is 9.97. The summed E-state index contributed by atoms with van der Waals surface area (Å²) in [4.78, 5) is 11.6. The summed E-state index contributed by atoms with van der Waals surface area (Å²) in [5.41, 5.74) is 0. The molecular formula is C24H44O3. The van der Waals surface area contributed by atoms with Gasteiger partial charge in [-0.25, -0.2) is 0 Å². The molecule has 1 aliphatic rings. The zero-order valence-corrected chi connectivity index (χ0v) is 17.6. The summed E-state index contributed by atoms with van der Waals surface area (Å²) < 4.78 is 5.11. The van der Waals surface area contributed by atoms with Crippen molar-refractivity contribution >= 4 is 5.97 Å². The molecule has 3 nitrogen and oxygen atoms in total. The first kappa shape index (κ1) is 24.2. The number of rotatable bonds is 19. The van der Waals surface area contributed by atoms with Crippen LogP contribution in [0.3, 0.4) is 0 Å². The minimum absolute atomic E-state index is 0.0294. The van der Waals surface area contributed by atoms with E-state index >= 15 is 0 Å². The molecule has 0 unspecified atom stereocenters. The van der Waals surface area contributed by atoms with Crippen LogP contribution in [0.2, 0.25) is 0 Å². The number of aliphatic hydroxyl groups excluding tert-OH is 1. The number of hydrogen-bond acceptors (Lipinski definition) is 3. The molecule has 0 saturated carbocycles. The molecule has 0 aliphatic carbocycles. The van der Waals surface area contributed by atoms with E-state index in [1.165, 1.54) is 96.3 Å². The standard InChI is InChI=1S/C24H44O3/c1-2-3-4-5-6-7-8-9-10-11-12-13-14-15-16-17-18-19-22-20-23(21-25)27-24(22)26/h2,22-23,25H,1,3-21H2/t22-,23+/m1/s1. The maximum atomic E-state index is 11.6. The van der Waals surface area contributed by atoms with Crippen molar-refractivity contribution in [3.63, 3.8) is 0 Å². The van der Waals surface area contributed by atoms with Crippen molar-refractivity contribution in [3.8, 4) is 0 Å². The summed E-state index contributed by atoms with van der Waals surface area (Å²) in [6.45, 7) is 3.74. The monoisotopic (exact) mass is 380 g/mol. The molecule has 2 atom stereocenters. The van der Waals surface area contributed by atoms with Crippen molar-refractivity contribution in [1.82, 2.24) is 0 Å². The number of carbonyl (C=O) groups is 1. The number of hydrogen-bond donors (Lipinski definition) is 1. The molecule has 158 valence electrons. The molecule has 1 fully saturated rings. The Morgan fingerprint density at radius 3 is 1.67 bits per heavy atom. The van der Waals surface area contributed by atoms with Gasteiger partial charge in [0.05, 0.1) is 12.5 Å². The molecule has 0 spiro atoms. The Morgan fingerprint density at radius 1 is 0.815 bits per heavy atom. The average molecular weight is 381 g/mol. The largest absolute Gasteiger partial charge is 0.460 e. The first-order chi connectivity index (χ1) is 13.3. The zero-order chi connectivity index (χ0) is 19.6. The predicted octanol–water partition coefficient (Wildman–Crippen LogP) is 6.73. The van der Waals surface area contributed by atoms with Gasteiger partial charge in [0.25, 0.3) is 0 Å². The molecule has 0 radical (unpaired) electrons. The van der Waals surface area contributed by atoms with Gasteiger partial charge in [0.1, 0.15) is 6.10 Å². The van der Waals surface area contributed by atoms with Gasteiger partial charge in [-0.2, -0.15) is 0 Å². The van der Waals surface area contributed by atoms with Gasteiger partial charge in [0, 0.05) is 0 Å². The summed E-state index contributed by atoms with van der Waals surface area (Å²) in [7, 11) is 0. The number of unbranched alkanes of at least 4 members (excludes halogenated alkanes) is 15. The van der Waals surface area contributed by atoms with Gasteiger partial charge in [0.15, 0.2) is 0 Å². The first-order valence-corrected chi connectivity index (χ1v) is 11.7. The van der Waals surface area contributed by atoms with Crippen molar-refractivity contribution in [1.29, 1.82) is 0 Å². The normalized spacial score (nSPS) is 19.4. The van der Waals surface area contributed by atoms with E-state index in [9.17, 15) is 4.79 Å². The Kier molecular flexibility index (Phi) is 15.5. The van der Waals surface area contributed by atoms with Crippen molar-refractivity contribution in [3.05, 3.63) is 12.7 Å². The Hall–Kier alpha value is -0.830. The van der Waals surface area contributed by atoms with E-state index in [2.05, 4.69) is 6.58 Å². The molecule has 1 heterocycles. The van der Waals surface area contributed by atoms with Gasteiger partial charge < -0.3 is 9.84 Å². The van der Waals surface area contributed by atoms with Crippen LogP contribution in [0.5, 0.6) is 0 Å². The molecule has 27 heavy (non-hydrogen) atoms. The quantitative estimate of drug-likeness (QED) is 0.153. The van der Waals surface area contributed by atoms with E-state index in [4.69, 9.17) is 9.84 Å². The maximum Gasteiger partial charge on any atom is 0.309 e. The SMILES string of the molecule is C=CCCCCCCCCCCCCCCCCC[C@@H]1C[C@@H](CO)OC1=O. The van der Waals surface area contributed by atoms with Crippen LogP contribution < -0.4 is 0 Å². The lowest BCUT2D eigenvalue weighted by Crippen LogP contribution is -2.10. The number of ether oxygens (including phenoxy) is 1. The van der Waals surface area contributed by atoms with Gasteiger partial charge >= 0.3 is 5.97 Å². The minimum Gasteiger partial charge on any atom is -0.460 e. The molecule has 1 N–H and O–H groups in total. The van der Waals surface area contributed by atoms with E-state index < -0.39 is 0 Å². The molecule has 1 saturated heterocycles. The molecule has 0 aromatic heterocycles. The van der Waals surface area contributed by atoms with Crippen LogP contribution in [0, 0.1) is 5.92 Å². The Labute approximate surface area is 168 Å². The summed E-state index contributed by atoms with van der Waals surface area (Å²) >= 11 is 0. The van der Waals surface area contributed by atoms with Crippen molar-refractivity contribution in [2.45, 2.75) is 122 Å². The molecule has 0 aromatic carbocycles. The number of allylic oxidation sites excluding steroid dienone is 1. The topological polar surface area (TPSA) is 46.5 Å². The van der Waals surface area contributed by atoms with Crippen molar-refractivity contribution in [2.24, 2.45) is 5.92 Å². The average Bonchev–Trinajstić information content (AvgIpc) is 3.04. The Bertz CT molecular complexity index is 367. The number of esters is 1. The number of carbonyl (C=O) groups excluding carboxylic acids is 1. The summed E-state index contributed by atoms with van der Waals surface area (Å²) in [5, 5.41) is 9.04. The second-order valence-electron chi connectivity index (χ2n) is 8.34. The highest BCUT2D eigenvalue weighted by Crippen LogP contribution is 2.26. The highest BCUT2D eigenvalue weighted by atomic mass is 16.6. The molecule has 3 heteroatoms. The zero-order valence-electron chi connectivity index (χ0n) is 17.6. The summed E-state index contributed by atoms with van der Waals surface area (Å²) in [5.74, 6) is -0.0592. The van der Waals surface area contributed by atoms with Crippen LogP contribution in [0.15, 0.2) is 12.7 Å². The Morgan fingerprint density at radius 2 is 1.26 bits per heavy atom. The molecular weight excluding hydrogens is 336 g/mol. The fourth-order valence-corrected chi connectivity index (χ4v) is 4.05. The predicted molar refractivity (Wildman–Crippen MR) is 114 cm³/mol. The van der Waals surface area contributed by atoms with Crippen molar-refractivity contribution < 1.29 is 14.6 Å². The van der Waals surface area contributed by atoms with E-state index in [-0.39, 0.29) is 24.6 Å². The highest BCUT2D eigenvalue weighted by Gasteiger charge is 2.33.